The van der Waals surface area contributed by atoms with Gasteiger partial charge in [-0.1, -0.05) is 13.8 Å². The Morgan fingerprint density at radius 2 is 2.12 bits per heavy atom. The van der Waals surface area contributed by atoms with E-state index in [1.54, 1.807) is 4.90 Å². The lowest BCUT2D eigenvalue weighted by molar-refractivity contribution is -0.148. The van der Waals surface area contributed by atoms with Gasteiger partial charge in [0.05, 0.1) is 11.5 Å². The number of amides is 1. The van der Waals surface area contributed by atoms with E-state index < -0.39 is 17.4 Å². The maximum absolute atomic E-state index is 11.8. The van der Waals surface area contributed by atoms with Gasteiger partial charge in [-0.15, -0.1) is 0 Å². The van der Waals surface area contributed by atoms with Gasteiger partial charge in [0, 0.05) is 13.1 Å². The van der Waals surface area contributed by atoms with Gasteiger partial charge in [-0.25, -0.2) is 0 Å². The average Bonchev–Trinajstić information content (AvgIpc) is 2.72. The largest absolute Gasteiger partial charge is 0.481 e. The molecule has 0 aliphatic carbocycles. The molecule has 92 valence electrons. The van der Waals surface area contributed by atoms with E-state index in [1.165, 1.54) is 0 Å². The number of carboxylic acid groups (broad SMARTS) is 1. The van der Waals surface area contributed by atoms with Gasteiger partial charge < -0.3 is 15.7 Å². The van der Waals surface area contributed by atoms with Crippen molar-refractivity contribution in [3.05, 3.63) is 0 Å². The van der Waals surface area contributed by atoms with E-state index in [-0.39, 0.29) is 5.91 Å². The summed E-state index contributed by atoms with van der Waals surface area (Å²) in [6.45, 7) is 4.50. The van der Waals surface area contributed by atoms with Crippen molar-refractivity contribution in [3.63, 3.8) is 0 Å². The summed E-state index contributed by atoms with van der Waals surface area (Å²) >= 11 is 0. The summed E-state index contributed by atoms with van der Waals surface area (Å²) in [5, 5.41) is 9.19. The molecule has 16 heavy (non-hydrogen) atoms. The van der Waals surface area contributed by atoms with Crippen LogP contribution in [0.5, 0.6) is 0 Å². The van der Waals surface area contributed by atoms with Crippen LogP contribution in [0.25, 0.3) is 0 Å². The molecule has 0 aromatic carbocycles. The van der Waals surface area contributed by atoms with Gasteiger partial charge in [-0.05, 0) is 19.3 Å². The highest BCUT2D eigenvalue weighted by Crippen LogP contribution is 2.34. The first-order valence-corrected chi connectivity index (χ1v) is 5.74. The fourth-order valence-corrected chi connectivity index (χ4v) is 2.08. The first-order valence-electron chi connectivity index (χ1n) is 5.74. The molecule has 1 saturated heterocycles. The van der Waals surface area contributed by atoms with Crippen molar-refractivity contribution in [1.29, 1.82) is 0 Å². The molecule has 0 radical (unpaired) electrons. The molecule has 5 heteroatoms. The van der Waals surface area contributed by atoms with Crippen LogP contribution in [0.2, 0.25) is 0 Å². The minimum Gasteiger partial charge on any atom is -0.481 e. The highest BCUT2D eigenvalue weighted by Gasteiger charge is 2.45. The van der Waals surface area contributed by atoms with Crippen LogP contribution < -0.4 is 5.73 Å². The molecule has 0 aromatic heterocycles. The predicted molar refractivity (Wildman–Crippen MR) is 59.8 cm³/mol. The van der Waals surface area contributed by atoms with Crippen molar-refractivity contribution in [2.45, 2.75) is 39.2 Å². The molecule has 0 saturated carbocycles. The summed E-state index contributed by atoms with van der Waals surface area (Å²) in [6.07, 6.45) is 1.66. The van der Waals surface area contributed by atoms with Crippen LogP contribution in [0.15, 0.2) is 0 Å². The van der Waals surface area contributed by atoms with E-state index in [0.717, 1.165) is 0 Å². The molecule has 1 aliphatic rings. The molecule has 1 aliphatic heterocycles. The molecule has 2 atom stereocenters. The van der Waals surface area contributed by atoms with Crippen LogP contribution >= 0.6 is 0 Å². The SMILES string of the molecule is CC[C@H](N)C(=O)N1CCC(CC)(C(=O)O)C1. The predicted octanol–water partition coefficient (Wildman–Crippen LogP) is 0.437. The molecule has 0 bridgehead atoms. The van der Waals surface area contributed by atoms with Gasteiger partial charge in [0.25, 0.3) is 0 Å². The first kappa shape index (κ1) is 13.0. The molecule has 1 amide bonds. The summed E-state index contributed by atoms with van der Waals surface area (Å²) < 4.78 is 0. The maximum atomic E-state index is 11.8. The molecule has 5 nitrogen and oxygen atoms in total. The van der Waals surface area contributed by atoms with Crippen LogP contribution in [0.3, 0.4) is 0 Å². The lowest BCUT2D eigenvalue weighted by Crippen LogP contribution is -2.44. The number of likely N-dealkylation sites (tertiary alicyclic amines) is 1. The molecule has 1 rings (SSSR count). The van der Waals surface area contributed by atoms with Crippen LogP contribution in [-0.4, -0.2) is 41.0 Å². The number of carbonyl (C=O) groups excluding carboxylic acids is 1. The Morgan fingerprint density at radius 3 is 2.50 bits per heavy atom. The van der Waals surface area contributed by atoms with Crippen LogP contribution in [0.4, 0.5) is 0 Å². The molecule has 1 heterocycles. The van der Waals surface area contributed by atoms with Gasteiger partial charge >= 0.3 is 5.97 Å². The Bertz CT molecular complexity index is 293. The highest BCUT2D eigenvalue weighted by atomic mass is 16.4. The van der Waals surface area contributed by atoms with E-state index in [9.17, 15) is 14.7 Å². The lowest BCUT2D eigenvalue weighted by atomic mass is 9.84. The first-order chi connectivity index (χ1) is 7.46. The van der Waals surface area contributed by atoms with Crippen molar-refractivity contribution >= 4 is 11.9 Å². The van der Waals surface area contributed by atoms with Crippen LogP contribution in [-0.2, 0) is 9.59 Å². The summed E-state index contributed by atoms with van der Waals surface area (Å²) in [5.41, 5.74) is 4.90. The normalized spacial score (nSPS) is 26.8. The number of nitrogens with zero attached hydrogens (tertiary/aromatic N) is 1. The zero-order chi connectivity index (χ0) is 12.3. The Balaban J connectivity index is 2.71. The second-order valence-corrected chi connectivity index (χ2v) is 4.46. The molecular formula is C11H20N2O3. The van der Waals surface area contributed by atoms with Crippen LogP contribution in [0.1, 0.15) is 33.1 Å². The standard InChI is InChI=1S/C11H20N2O3/c1-3-8(12)9(14)13-6-5-11(4-2,7-13)10(15)16/h8H,3-7,12H2,1-2H3,(H,15,16)/t8-,11?/m0/s1. The van der Waals surface area contributed by atoms with Crippen molar-refractivity contribution in [1.82, 2.24) is 4.90 Å². The second-order valence-electron chi connectivity index (χ2n) is 4.46. The number of aliphatic carboxylic acids is 1. The zero-order valence-electron chi connectivity index (χ0n) is 9.90. The zero-order valence-corrected chi connectivity index (χ0v) is 9.90. The Labute approximate surface area is 95.6 Å². The monoisotopic (exact) mass is 228 g/mol. The second kappa shape index (κ2) is 4.82. The third-order valence-corrected chi connectivity index (χ3v) is 3.55. The van der Waals surface area contributed by atoms with E-state index in [2.05, 4.69) is 0 Å². The van der Waals surface area contributed by atoms with Gasteiger partial charge in [-0.3, -0.25) is 9.59 Å². The summed E-state index contributed by atoms with van der Waals surface area (Å²) in [4.78, 5) is 24.6. The van der Waals surface area contributed by atoms with Gasteiger partial charge in [0.2, 0.25) is 5.91 Å². The quantitative estimate of drug-likeness (QED) is 0.731. The van der Waals surface area contributed by atoms with E-state index >= 15 is 0 Å². The minimum atomic E-state index is -0.810. The summed E-state index contributed by atoms with van der Waals surface area (Å²) in [6, 6.07) is -0.499. The topological polar surface area (TPSA) is 83.6 Å². The maximum Gasteiger partial charge on any atom is 0.311 e. The molecule has 3 N–H and O–H groups in total. The average molecular weight is 228 g/mol. The van der Waals surface area contributed by atoms with Gasteiger partial charge in [0.15, 0.2) is 0 Å². The number of hydrogen-bond donors (Lipinski definition) is 2. The number of carbonyl (C=O) groups is 2. The number of hydrogen-bond acceptors (Lipinski definition) is 3. The third kappa shape index (κ3) is 2.19. The third-order valence-electron chi connectivity index (χ3n) is 3.55. The Morgan fingerprint density at radius 1 is 1.50 bits per heavy atom. The molecule has 1 fully saturated rings. The number of rotatable bonds is 4. The minimum absolute atomic E-state index is 0.126. The van der Waals surface area contributed by atoms with E-state index in [0.29, 0.717) is 32.4 Å². The molecular weight excluding hydrogens is 208 g/mol. The number of carboxylic acids is 1. The van der Waals surface area contributed by atoms with Crippen molar-refractivity contribution in [3.8, 4) is 0 Å². The Hall–Kier alpha value is -1.10. The van der Waals surface area contributed by atoms with Crippen LogP contribution in [0, 0.1) is 5.41 Å². The van der Waals surface area contributed by atoms with Crippen molar-refractivity contribution in [2.75, 3.05) is 13.1 Å². The molecule has 1 unspecified atom stereocenters. The van der Waals surface area contributed by atoms with Crippen molar-refractivity contribution < 1.29 is 14.7 Å². The Kier molecular flexibility index (Phi) is 3.91. The van der Waals surface area contributed by atoms with Gasteiger partial charge in [-0.2, -0.15) is 0 Å². The smallest absolute Gasteiger partial charge is 0.311 e. The van der Waals surface area contributed by atoms with E-state index in [4.69, 9.17) is 5.73 Å². The molecule has 0 spiro atoms. The van der Waals surface area contributed by atoms with Gasteiger partial charge in [0.1, 0.15) is 0 Å². The fraction of sp³-hybridized carbons (Fsp3) is 0.818. The van der Waals surface area contributed by atoms with Crippen molar-refractivity contribution in [2.24, 2.45) is 11.1 Å². The summed E-state index contributed by atoms with van der Waals surface area (Å²) in [7, 11) is 0. The summed E-state index contributed by atoms with van der Waals surface area (Å²) in [5.74, 6) is -0.936. The lowest BCUT2D eigenvalue weighted by Gasteiger charge is -2.24. The number of nitrogens with two attached hydrogens (primary N) is 1. The van der Waals surface area contributed by atoms with E-state index in [1.807, 2.05) is 13.8 Å². The fourth-order valence-electron chi connectivity index (χ4n) is 2.08. The highest BCUT2D eigenvalue weighted by molar-refractivity contribution is 5.84. The molecule has 0 aromatic rings.